The lowest BCUT2D eigenvalue weighted by Gasteiger charge is -2.28. The summed E-state index contributed by atoms with van der Waals surface area (Å²) in [6.07, 6.45) is 0.0627. The number of hydrogen-bond acceptors (Lipinski definition) is 4. The monoisotopic (exact) mass is 470 g/mol. The summed E-state index contributed by atoms with van der Waals surface area (Å²) in [5.41, 5.74) is 1.47. The molecule has 0 bridgehead atoms. The summed E-state index contributed by atoms with van der Waals surface area (Å²) in [5, 5.41) is 0.761. The van der Waals surface area contributed by atoms with E-state index in [0.29, 0.717) is 41.9 Å². The molecular formula is C21H24Cl2N2O4S. The molecule has 2 aromatic rings. The van der Waals surface area contributed by atoms with Crippen LogP contribution in [0.15, 0.2) is 47.4 Å². The Labute approximate surface area is 187 Å². The standard InChI is InChI=1S/C21H24Cl2N2O4S/c1-16-5-7-17(8-6-16)30(27,28)25(15-18-19(22)3-2-4-20(18)23)10-9-21(26)24-11-13-29-14-12-24/h2-8H,9-15H2,1H3. The second-order valence-electron chi connectivity index (χ2n) is 7.10. The summed E-state index contributed by atoms with van der Waals surface area (Å²) in [5.74, 6) is -0.104. The topological polar surface area (TPSA) is 66.9 Å². The number of nitrogens with zero attached hydrogens (tertiary/aromatic N) is 2. The lowest BCUT2D eigenvalue weighted by atomic mass is 10.2. The summed E-state index contributed by atoms with van der Waals surface area (Å²) < 4.78 is 33.2. The third-order valence-corrected chi connectivity index (χ3v) is 7.56. The van der Waals surface area contributed by atoms with Gasteiger partial charge in [0.25, 0.3) is 0 Å². The molecular weight excluding hydrogens is 447 g/mol. The smallest absolute Gasteiger partial charge is 0.243 e. The van der Waals surface area contributed by atoms with Gasteiger partial charge in [0.05, 0.1) is 18.1 Å². The zero-order valence-electron chi connectivity index (χ0n) is 16.7. The number of halogens is 2. The Morgan fingerprint density at radius 3 is 2.27 bits per heavy atom. The van der Waals surface area contributed by atoms with E-state index in [9.17, 15) is 13.2 Å². The Morgan fingerprint density at radius 2 is 1.67 bits per heavy atom. The van der Waals surface area contributed by atoms with E-state index in [1.165, 1.54) is 4.31 Å². The Bertz CT molecular complexity index is 970. The minimum absolute atomic E-state index is 0.0218. The zero-order chi connectivity index (χ0) is 21.7. The molecule has 0 radical (unpaired) electrons. The van der Waals surface area contributed by atoms with Gasteiger partial charge in [-0.25, -0.2) is 8.42 Å². The van der Waals surface area contributed by atoms with Crippen LogP contribution >= 0.6 is 23.2 Å². The van der Waals surface area contributed by atoms with Crippen LogP contribution in [0.25, 0.3) is 0 Å². The Kier molecular flexibility index (Phi) is 7.76. The van der Waals surface area contributed by atoms with E-state index in [4.69, 9.17) is 27.9 Å². The number of morpholine rings is 1. The van der Waals surface area contributed by atoms with Crippen LogP contribution in [0.4, 0.5) is 0 Å². The molecule has 30 heavy (non-hydrogen) atoms. The first kappa shape index (κ1) is 23.0. The van der Waals surface area contributed by atoms with Crippen molar-refractivity contribution < 1.29 is 17.9 Å². The van der Waals surface area contributed by atoms with Crippen molar-refractivity contribution in [3.8, 4) is 0 Å². The van der Waals surface area contributed by atoms with Crippen molar-refractivity contribution in [3.63, 3.8) is 0 Å². The number of aryl methyl sites for hydroxylation is 1. The van der Waals surface area contributed by atoms with Crippen molar-refractivity contribution in [1.29, 1.82) is 0 Å². The Morgan fingerprint density at radius 1 is 1.07 bits per heavy atom. The number of carbonyl (C=O) groups excluding carboxylic acids is 1. The highest BCUT2D eigenvalue weighted by Crippen LogP contribution is 2.28. The van der Waals surface area contributed by atoms with Gasteiger partial charge in [-0.15, -0.1) is 0 Å². The number of sulfonamides is 1. The minimum Gasteiger partial charge on any atom is -0.378 e. The molecule has 2 aromatic carbocycles. The highest BCUT2D eigenvalue weighted by atomic mass is 35.5. The van der Waals surface area contributed by atoms with Gasteiger partial charge < -0.3 is 9.64 Å². The van der Waals surface area contributed by atoms with Crippen molar-refractivity contribution in [3.05, 3.63) is 63.6 Å². The van der Waals surface area contributed by atoms with Crippen LogP contribution in [0.2, 0.25) is 10.0 Å². The van der Waals surface area contributed by atoms with Crippen molar-refractivity contribution in [1.82, 2.24) is 9.21 Å². The predicted molar refractivity (Wildman–Crippen MR) is 117 cm³/mol. The van der Waals surface area contributed by atoms with Crippen molar-refractivity contribution in [2.24, 2.45) is 0 Å². The maximum absolute atomic E-state index is 13.4. The molecule has 1 aliphatic rings. The molecule has 3 rings (SSSR count). The summed E-state index contributed by atoms with van der Waals surface area (Å²) in [6.45, 7) is 3.90. The molecule has 0 spiro atoms. The summed E-state index contributed by atoms with van der Waals surface area (Å²) >= 11 is 12.6. The fourth-order valence-electron chi connectivity index (χ4n) is 3.19. The molecule has 1 fully saturated rings. The molecule has 0 saturated carbocycles. The Hall–Kier alpha value is -1.64. The number of carbonyl (C=O) groups is 1. The minimum atomic E-state index is -3.86. The van der Waals surface area contributed by atoms with Gasteiger partial charge in [0, 0.05) is 48.2 Å². The van der Waals surface area contributed by atoms with E-state index in [1.807, 2.05) is 6.92 Å². The second-order valence-corrected chi connectivity index (χ2v) is 9.85. The molecule has 0 aliphatic carbocycles. The molecule has 1 heterocycles. The first-order chi connectivity index (χ1) is 14.3. The summed E-state index contributed by atoms with van der Waals surface area (Å²) in [7, 11) is -3.86. The molecule has 1 saturated heterocycles. The third kappa shape index (κ3) is 5.53. The second kappa shape index (κ2) is 10.1. The summed E-state index contributed by atoms with van der Waals surface area (Å²) in [6, 6.07) is 11.6. The molecule has 1 aliphatic heterocycles. The average Bonchev–Trinajstić information content (AvgIpc) is 2.73. The van der Waals surface area contributed by atoms with Crippen molar-refractivity contribution in [2.45, 2.75) is 24.8 Å². The van der Waals surface area contributed by atoms with Gasteiger partial charge in [-0.3, -0.25) is 4.79 Å². The van der Waals surface area contributed by atoms with Gasteiger partial charge in [-0.2, -0.15) is 4.31 Å². The van der Waals surface area contributed by atoms with Crippen molar-refractivity contribution >= 4 is 39.1 Å². The quantitative estimate of drug-likeness (QED) is 0.617. The average molecular weight is 471 g/mol. The van der Waals surface area contributed by atoms with Gasteiger partial charge in [0.15, 0.2) is 0 Å². The van der Waals surface area contributed by atoms with Gasteiger partial charge in [0.1, 0.15) is 0 Å². The number of hydrogen-bond donors (Lipinski definition) is 0. The maximum Gasteiger partial charge on any atom is 0.243 e. The van der Waals surface area contributed by atoms with Crippen LogP contribution < -0.4 is 0 Å². The van der Waals surface area contributed by atoms with E-state index in [0.717, 1.165) is 5.56 Å². The van der Waals surface area contributed by atoms with Crippen LogP contribution in [-0.4, -0.2) is 56.4 Å². The number of rotatable bonds is 7. The first-order valence-corrected chi connectivity index (χ1v) is 11.8. The zero-order valence-corrected chi connectivity index (χ0v) is 19.0. The largest absolute Gasteiger partial charge is 0.378 e. The fraction of sp³-hybridized carbons (Fsp3) is 0.381. The highest BCUT2D eigenvalue weighted by molar-refractivity contribution is 7.89. The molecule has 162 valence electrons. The normalized spacial score (nSPS) is 14.9. The molecule has 0 aromatic heterocycles. The molecule has 9 heteroatoms. The molecule has 1 amide bonds. The molecule has 0 unspecified atom stereocenters. The van der Waals surface area contributed by atoms with Crippen LogP contribution in [0, 0.1) is 6.92 Å². The van der Waals surface area contributed by atoms with E-state index in [2.05, 4.69) is 0 Å². The predicted octanol–water partition coefficient (Wildman–Crippen LogP) is 3.74. The maximum atomic E-state index is 13.4. The van der Waals surface area contributed by atoms with E-state index in [-0.39, 0.29) is 30.3 Å². The number of benzene rings is 2. The van der Waals surface area contributed by atoms with Gasteiger partial charge in [0.2, 0.25) is 15.9 Å². The molecule has 0 atom stereocenters. The van der Waals surface area contributed by atoms with Gasteiger partial charge >= 0.3 is 0 Å². The lowest BCUT2D eigenvalue weighted by molar-refractivity contribution is -0.135. The molecule has 6 nitrogen and oxygen atoms in total. The van der Waals surface area contributed by atoms with Crippen LogP contribution in [0.1, 0.15) is 17.5 Å². The third-order valence-electron chi connectivity index (χ3n) is 4.99. The van der Waals surface area contributed by atoms with Crippen LogP contribution in [0.5, 0.6) is 0 Å². The summed E-state index contributed by atoms with van der Waals surface area (Å²) in [4.78, 5) is 14.5. The SMILES string of the molecule is Cc1ccc(S(=O)(=O)N(CCC(=O)N2CCOCC2)Cc2c(Cl)cccc2Cl)cc1. The molecule has 0 N–H and O–H groups in total. The highest BCUT2D eigenvalue weighted by Gasteiger charge is 2.28. The lowest BCUT2D eigenvalue weighted by Crippen LogP contribution is -2.42. The van der Waals surface area contributed by atoms with Gasteiger partial charge in [-0.05, 0) is 31.2 Å². The van der Waals surface area contributed by atoms with E-state index in [1.54, 1.807) is 47.4 Å². The fourth-order valence-corrected chi connectivity index (χ4v) is 5.12. The van der Waals surface area contributed by atoms with Crippen LogP contribution in [0.3, 0.4) is 0 Å². The van der Waals surface area contributed by atoms with Gasteiger partial charge in [-0.1, -0.05) is 47.0 Å². The first-order valence-electron chi connectivity index (χ1n) is 9.64. The number of ether oxygens (including phenoxy) is 1. The number of amides is 1. The van der Waals surface area contributed by atoms with Crippen molar-refractivity contribution in [2.75, 3.05) is 32.8 Å². The van der Waals surface area contributed by atoms with Crippen LogP contribution in [-0.2, 0) is 26.1 Å². The van der Waals surface area contributed by atoms with E-state index < -0.39 is 10.0 Å². The van der Waals surface area contributed by atoms with E-state index >= 15 is 0 Å². The Balaban J connectivity index is 1.86.